The number of fused-ring (bicyclic) bond motifs is 3. The van der Waals surface area contributed by atoms with Gasteiger partial charge in [0.05, 0.1) is 12.5 Å². The van der Waals surface area contributed by atoms with Crippen molar-refractivity contribution in [3.63, 3.8) is 0 Å². The number of carboxylic acid groups (broad SMARTS) is 1. The third kappa shape index (κ3) is 4.94. The van der Waals surface area contributed by atoms with Gasteiger partial charge in [0.25, 0.3) is 5.91 Å². The van der Waals surface area contributed by atoms with E-state index >= 15 is 0 Å². The van der Waals surface area contributed by atoms with Crippen LogP contribution in [0.25, 0.3) is 11.1 Å². The average molecular weight is 480 g/mol. The Morgan fingerprint density at radius 2 is 1.68 bits per heavy atom. The van der Waals surface area contributed by atoms with Gasteiger partial charge in [-0.15, -0.1) is 11.3 Å². The Balaban J connectivity index is 1.32. The van der Waals surface area contributed by atoms with Crippen molar-refractivity contribution in [2.45, 2.75) is 26.3 Å². The first kappa shape index (κ1) is 23.4. The quantitative estimate of drug-likeness (QED) is 0.450. The first-order valence-electron chi connectivity index (χ1n) is 10.9. The fourth-order valence-corrected chi connectivity index (χ4v) is 4.82. The zero-order chi connectivity index (χ0) is 24.2. The van der Waals surface area contributed by atoms with E-state index in [9.17, 15) is 14.4 Å². The van der Waals surface area contributed by atoms with Crippen LogP contribution in [0.2, 0.25) is 0 Å². The van der Waals surface area contributed by atoms with Crippen LogP contribution in [-0.4, -0.2) is 41.2 Å². The van der Waals surface area contributed by atoms with E-state index < -0.39 is 23.9 Å². The second-order valence-corrected chi connectivity index (χ2v) is 9.43. The average Bonchev–Trinajstić information content (AvgIpc) is 3.37. The summed E-state index contributed by atoms with van der Waals surface area (Å²) in [6, 6.07) is 16.2. The number of aromatic nitrogens is 1. The second kappa shape index (κ2) is 10.0. The molecule has 3 aromatic rings. The van der Waals surface area contributed by atoms with E-state index in [1.54, 1.807) is 6.92 Å². The van der Waals surface area contributed by atoms with E-state index in [4.69, 9.17) is 9.84 Å². The number of carboxylic acids is 1. The third-order valence-corrected chi connectivity index (χ3v) is 6.74. The maximum Gasteiger partial charge on any atom is 0.407 e. The first-order valence-corrected chi connectivity index (χ1v) is 11.7. The molecule has 0 radical (unpaired) electrons. The van der Waals surface area contributed by atoms with Crippen LogP contribution in [0.3, 0.4) is 0 Å². The Hall–Kier alpha value is -3.72. The van der Waals surface area contributed by atoms with Gasteiger partial charge in [-0.25, -0.2) is 9.78 Å². The van der Waals surface area contributed by atoms with Crippen molar-refractivity contribution in [3.8, 4) is 11.1 Å². The number of carbonyl (C=O) groups is 3. The number of thiazole rings is 1. The Morgan fingerprint density at radius 1 is 1.06 bits per heavy atom. The number of aliphatic carboxylic acids is 1. The van der Waals surface area contributed by atoms with Crippen molar-refractivity contribution in [1.82, 2.24) is 15.6 Å². The van der Waals surface area contributed by atoms with E-state index in [0.717, 1.165) is 22.3 Å². The highest BCUT2D eigenvalue weighted by Crippen LogP contribution is 2.44. The second-order valence-electron chi connectivity index (χ2n) is 8.14. The predicted molar refractivity (Wildman–Crippen MR) is 128 cm³/mol. The molecule has 1 atom stereocenters. The first-order chi connectivity index (χ1) is 16.3. The zero-order valence-electron chi connectivity index (χ0n) is 18.8. The lowest BCUT2D eigenvalue weighted by molar-refractivity contribution is -0.140. The predicted octanol–water partition coefficient (Wildman–Crippen LogP) is 3.94. The van der Waals surface area contributed by atoms with E-state index in [-0.39, 0.29) is 31.3 Å². The Kier molecular flexibility index (Phi) is 6.93. The molecule has 3 N–H and O–H groups in total. The van der Waals surface area contributed by atoms with Crippen molar-refractivity contribution >= 4 is 29.3 Å². The van der Waals surface area contributed by atoms with Gasteiger partial charge < -0.3 is 20.5 Å². The lowest BCUT2D eigenvalue weighted by atomic mass is 9.98. The summed E-state index contributed by atoms with van der Waals surface area (Å²) in [6.45, 7) is 3.62. The van der Waals surface area contributed by atoms with Crippen molar-refractivity contribution in [1.29, 1.82) is 0 Å². The van der Waals surface area contributed by atoms with E-state index in [0.29, 0.717) is 9.88 Å². The van der Waals surface area contributed by atoms with Gasteiger partial charge in [-0.2, -0.15) is 0 Å². The minimum absolute atomic E-state index is 0.0124. The summed E-state index contributed by atoms with van der Waals surface area (Å²) in [6.07, 6.45) is -0.559. The lowest BCUT2D eigenvalue weighted by Gasteiger charge is -2.14. The minimum atomic E-state index is -0.983. The van der Waals surface area contributed by atoms with Gasteiger partial charge in [0.15, 0.2) is 0 Å². The summed E-state index contributed by atoms with van der Waals surface area (Å²) in [4.78, 5) is 40.6. The van der Waals surface area contributed by atoms with Crippen LogP contribution in [0.15, 0.2) is 48.5 Å². The maximum atomic E-state index is 12.4. The number of hydrogen-bond acceptors (Lipinski definition) is 6. The van der Waals surface area contributed by atoms with E-state index in [1.165, 1.54) is 18.3 Å². The molecule has 8 nitrogen and oxygen atoms in total. The van der Waals surface area contributed by atoms with E-state index in [2.05, 4.69) is 39.9 Å². The molecule has 4 rings (SSSR count). The molecular weight excluding hydrogens is 454 g/mol. The van der Waals surface area contributed by atoms with Crippen LogP contribution >= 0.6 is 11.3 Å². The molecule has 9 heteroatoms. The van der Waals surface area contributed by atoms with Gasteiger partial charge in [-0.1, -0.05) is 55.5 Å². The Bertz CT molecular complexity index is 1190. The largest absolute Gasteiger partial charge is 0.481 e. The number of rotatable bonds is 8. The van der Waals surface area contributed by atoms with Crippen LogP contribution in [0.5, 0.6) is 0 Å². The molecule has 0 spiro atoms. The molecule has 2 aromatic carbocycles. The van der Waals surface area contributed by atoms with Gasteiger partial charge in [0.2, 0.25) is 0 Å². The fraction of sp³-hybridized carbons (Fsp3) is 0.280. The standard InChI is InChI=1S/C25H25N3O5S/c1-14(24(30)31)11-26-23(29)22-15(2)34-21(28-22)12-27-25(32)33-13-20-18-9-5-3-7-16(18)17-8-4-6-10-19(17)20/h3-10,14,20H,11-13H2,1-2H3,(H,26,29)(H,27,32)(H,30,31). The maximum absolute atomic E-state index is 12.4. The Labute approximate surface area is 201 Å². The SMILES string of the molecule is Cc1sc(CNC(=O)OCC2c3ccccc3-c3ccccc32)nc1C(=O)NCC(C)C(=O)O. The van der Waals surface area contributed by atoms with Gasteiger partial charge in [0, 0.05) is 17.3 Å². The highest BCUT2D eigenvalue weighted by molar-refractivity contribution is 7.11. The summed E-state index contributed by atoms with van der Waals surface area (Å²) in [5, 5.41) is 14.8. The van der Waals surface area contributed by atoms with Crippen molar-refractivity contribution in [2.24, 2.45) is 5.92 Å². The summed E-state index contributed by atoms with van der Waals surface area (Å²) in [5.74, 6) is -2.14. The van der Waals surface area contributed by atoms with Crippen molar-refractivity contribution < 1.29 is 24.2 Å². The molecule has 176 valence electrons. The van der Waals surface area contributed by atoms with Crippen molar-refractivity contribution in [2.75, 3.05) is 13.2 Å². The van der Waals surface area contributed by atoms with Crippen LogP contribution in [0.1, 0.15) is 44.3 Å². The van der Waals surface area contributed by atoms with E-state index in [1.807, 2.05) is 24.3 Å². The summed E-state index contributed by atoms with van der Waals surface area (Å²) >= 11 is 1.29. The van der Waals surface area contributed by atoms with Crippen LogP contribution in [0, 0.1) is 12.8 Å². The molecule has 1 aromatic heterocycles. The molecule has 0 saturated carbocycles. The summed E-state index contributed by atoms with van der Waals surface area (Å²) in [7, 11) is 0. The molecule has 1 heterocycles. The number of nitrogens with one attached hydrogen (secondary N) is 2. The summed E-state index contributed by atoms with van der Waals surface area (Å²) in [5.41, 5.74) is 4.83. The molecule has 0 saturated heterocycles. The lowest BCUT2D eigenvalue weighted by Crippen LogP contribution is -2.32. The monoisotopic (exact) mass is 479 g/mol. The van der Waals surface area contributed by atoms with Gasteiger partial charge in [-0.05, 0) is 29.2 Å². The van der Waals surface area contributed by atoms with Crippen LogP contribution < -0.4 is 10.6 Å². The zero-order valence-corrected chi connectivity index (χ0v) is 19.6. The number of alkyl carbamates (subject to hydrolysis) is 1. The molecule has 1 aliphatic rings. The Morgan fingerprint density at radius 3 is 2.29 bits per heavy atom. The molecule has 0 aliphatic heterocycles. The number of hydrogen-bond donors (Lipinski definition) is 3. The third-order valence-electron chi connectivity index (χ3n) is 5.77. The number of ether oxygens (including phenoxy) is 1. The van der Waals surface area contributed by atoms with Gasteiger partial charge in [-0.3, -0.25) is 9.59 Å². The normalized spacial score (nSPS) is 13.0. The number of benzene rings is 2. The smallest absolute Gasteiger partial charge is 0.407 e. The number of aryl methyl sites for hydroxylation is 1. The van der Waals surface area contributed by atoms with Gasteiger partial charge in [0.1, 0.15) is 17.3 Å². The molecule has 0 bridgehead atoms. The summed E-state index contributed by atoms with van der Waals surface area (Å²) < 4.78 is 5.53. The topological polar surface area (TPSA) is 118 Å². The molecular formula is C25H25N3O5S. The fourth-order valence-electron chi connectivity index (χ4n) is 3.95. The van der Waals surface area contributed by atoms with Gasteiger partial charge >= 0.3 is 12.1 Å². The number of amides is 2. The van der Waals surface area contributed by atoms with Crippen LogP contribution in [0.4, 0.5) is 4.79 Å². The number of carbonyl (C=O) groups excluding carboxylic acids is 2. The van der Waals surface area contributed by atoms with Crippen LogP contribution in [-0.2, 0) is 16.1 Å². The van der Waals surface area contributed by atoms with Crippen molar-refractivity contribution in [3.05, 3.63) is 75.2 Å². The molecule has 0 fully saturated rings. The molecule has 34 heavy (non-hydrogen) atoms. The molecule has 1 aliphatic carbocycles. The number of nitrogens with zero attached hydrogens (tertiary/aromatic N) is 1. The molecule has 1 unspecified atom stereocenters. The highest BCUT2D eigenvalue weighted by atomic mass is 32.1. The molecule has 2 amide bonds. The highest BCUT2D eigenvalue weighted by Gasteiger charge is 2.29. The minimum Gasteiger partial charge on any atom is -0.481 e.